The molecule has 0 radical (unpaired) electrons. The maximum atomic E-state index is 4.82. The number of nitrogens with one attached hydrogen (secondary N) is 1. The third-order valence-electron chi connectivity index (χ3n) is 5.48. The van der Waals surface area contributed by atoms with Gasteiger partial charge < -0.3 is 4.98 Å². The number of rotatable bonds is 5. The lowest BCUT2D eigenvalue weighted by molar-refractivity contribution is 0.269. The van der Waals surface area contributed by atoms with Crippen LogP contribution in [-0.4, -0.2) is 42.7 Å². The number of hydrogen-bond donors (Lipinski definition) is 1. The summed E-state index contributed by atoms with van der Waals surface area (Å²) in [4.78, 5) is 15.0. The van der Waals surface area contributed by atoms with E-state index in [0.29, 0.717) is 0 Å². The van der Waals surface area contributed by atoms with E-state index in [0.717, 1.165) is 62.7 Å². The first kappa shape index (κ1) is 17.1. The highest BCUT2D eigenvalue weighted by atomic mass is 15.4. The summed E-state index contributed by atoms with van der Waals surface area (Å²) in [6.07, 6.45) is 6.75. The first-order valence-electron chi connectivity index (χ1n) is 9.95. The lowest BCUT2D eigenvalue weighted by Gasteiger charge is -2.18. The molecule has 4 heterocycles. The maximum absolute atomic E-state index is 4.82. The van der Waals surface area contributed by atoms with E-state index >= 15 is 0 Å². The number of aromatic amines is 1. The van der Waals surface area contributed by atoms with Crippen molar-refractivity contribution in [1.29, 1.82) is 0 Å². The lowest BCUT2D eigenvalue weighted by Crippen LogP contribution is -2.26. The third kappa shape index (κ3) is 3.55. The average Bonchev–Trinajstić information content (AvgIpc) is 3.28. The van der Waals surface area contributed by atoms with Crippen LogP contribution in [-0.2, 0) is 32.4 Å². The molecule has 0 atom stereocenters. The Kier molecular flexibility index (Phi) is 4.62. The van der Waals surface area contributed by atoms with Crippen LogP contribution in [0.5, 0.6) is 0 Å². The predicted molar refractivity (Wildman–Crippen MR) is 109 cm³/mol. The minimum atomic E-state index is 0.897. The Morgan fingerprint density at radius 2 is 1.89 bits per heavy atom. The molecule has 0 bridgehead atoms. The summed E-state index contributed by atoms with van der Waals surface area (Å²) < 4.78 is 2.11. The molecule has 0 amide bonds. The van der Waals surface area contributed by atoms with Crippen LogP contribution in [0.1, 0.15) is 22.8 Å². The molecule has 3 aromatic heterocycles. The van der Waals surface area contributed by atoms with Crippen LogP contribution in [0.15, 0.2) is 54.9 Å². The molecule has 0 fully saturated rings. The second-order valence-corrected chi connectivity index (χ2v) is 7.39. The highest BCUT2D eigenvalue weighted by Crippen LogP contribution is 2.19. The number of H-pyrrole nitrogens is 1. The van der Waals surface area contributed by atoms with Gasteiger partial charge >= 0.3 is 0 Å². The molecule has 1 aromatic carbocycles. The van der Waals surface area contributed by atoms with Crippen LogP contribution in [0, 0.1) is 0 Å². The van der Waals surface area contributed by atoms with Crippen molar-refractivity contribution >= 4 is 11.0 Å². The van der Waals surface area contributed by atoms with E-state index in [4.69, 9.17) is 10.1 Å². The SMILES string of the molecule is c1ccc(CCc2nc3n(n2)CCN(Cc2c[nH]c4ncccc24)CC3)cc1. The van der Waals surface area contributed by atoms with Crippen molar-refractivity contribution in [2.45, 2.75) is 32.4 Å². The summed E-state index contributed by atoms with van der Waals surface area (Å²) >= 11 is 0. The Morgan fingerprint density at radius 1 is 0.964 bits per heavy atom. The van der Waals surface area contributed by atoms with Crippen molar-refractivity contribution in [2.75, 3.05) is 13.1 Å². The zero-order valence-corrected chi connectivity index (χ0v) is 15.9. The van der Waals surface area contributed by atoms with Gasteiger partial charge in [0.15, 0.2) is 5.82 Å². The Labute approximate surface area is 164 Å². The monoisotopic (exact) mass is 372 g/mol. The van der Waals surface area contributed by atoms with Crippen molar-refractivity contribution < 1.29 is 0 Å². The summed E-state index contributed by atoms with van der Waals surface area (Å²) in [6, 6.07) is 14.7. The molecule has 0 spiro atoms. The first-order chi connectivity index (χ1) is 13.8. The third-order valence-corrected chi connectivity index (χ3v) is 5.48. The van der Waals surface area contributed by atoms with Crippen LogP contribution in [0.4, 0.5) is 0 Å². The second kappa shape index (κ2) is 7.56. The zero-order chi connectivity index (χ0) is 18.8. The van der Waals surface area contributed by atoms with Crippen molar-refractivity contribution in [3.05, 3.63) is 77.6 Å². The van der Waals surface area contributed by atoms with E-state index in [9.17, 15) is 0 Å². The highest BCUT2D eigenvalue weighted by Gasteiger charge is 2.18. The van der Waals surface area contributed by atoms with E-state index in [1.807, 2.05) is 12.3 Å². The molecule has 0 saturated carbocycles. The van der Waals surface area contributed by atoms with Gasteiger partial charge in [0.1, 0.15) is 11.5 Å². The molecule has 142 valence electrons. The summed E-state index contributed by atoms with van der Waals surface area (Å²) in [5.74, 6) is 2.08. The van der Waals surface area contributed by atoms with Crippen molar-refractivity contribution in [3.8, 4) is 0 Å². The number of aromatic nitrogens is 5. The topological polar surface area (TPSA) is 62.6 Å². The molecule has 6 heteroatoms. The van der Waals surface area contributed by atoms with Crippen LogP contribution in [0.25, 0.3) is 11.0 Å². The molecular formula is C22H24N6. The highest BCUT2D eigenvalue weighted by molar-refractivity contribution is 5.79. The van der Waals surface area contributed by atoms with Gasteiger partial charge in [-0.3, -0.25) is 4.90 Å². The van der Waals surface area contributed by atoms with Gasteiger partial charge in [-0.2, -0.15) is 5.10 Å². The molecule has 6 nitrogen and oxygen atoms in total. The van der Waals surface area contributed by atoms with Crippen molar-refractivity contribution in [1.82, 2.24) is 29.6 Å². The second-order valence-electron chi connectivity index (χ2n) is 7.39. The quantitative estimate of drug-likeness (QED) is 0.585. The summed E-state index contributed by atoms with van der Waals surface area (Å²) in [6.45, 7) is 3.82. The molecule has 5 rings (SSSR count). The maximum Gasteiger partial charge on any atom is 0.151 e. The fraction of sp³-hybridized carbons (Fsp3) is 0.318. The summed E-state index contributed by atoms with van der Waals surface area (Å²) in [5, 5.41) is 5.98. The molecule has 0 saturated heterocycles. The van der Waals surface area contributed by atoms with Gasteiger partial charge in [0.25, 0.3) is 0 Å². The number of benzene rings is 1. The molecule has 1 N–H and O–H groups in total. The fourth-order valence-electron chi connectivity index (χ4n) is 3.95. The number of aryl methyl sites for hydroxylation is 2. The smallest absolute Gasteiger partial charge is 0.151 e. The van der Waals surface area contributed by atoms with Crippen molar-refractivity contribution in [3.63, 3.8) is 0 Å². The Hall–Kier alpha value is -2.99. The Morgan fingerprint density at radius 3 is 2.82 bits per heavy atom. The molecule has 0 aliphatic carbocycles. The molecule has 0 unspecified atom stereocenters. The largest absolute Gasteiger partial charge is 0.346 e. The predicted octanol–water partition coefficient (Wildman–Crippen LogP) is 3.00. The number of nitrogens with zero attached hydrogens (tertiary/aromatic N) is 5. The van der Waals surface area contributed by atoms with Gasteiger partial charge in [-0.25, -0.2) is 14.6 Å². The molecule has 1 aliphatic heterocycles. The van der Waals surface area contributed by atoms with Crippen molar-refractivity contribution in [2.24, 2.45) is 0 Å². The molecule has 1 aliphatic rings. The van der Waals surface area contributed by atoms with Gasteiger partial charge in [-0.15, -0.1) is 0 Å². The minimum Gasteiger partial charge on any atom is -0.346 e. The lowest BCUT2D eigenvalue weighted by atomic mass is 10.1. The van der Waals surface area contributed by atoms with Gasteiger partial charge in [-0.1, -0.05) is 30.3 Å². The van der Waals surface area contributed by atoms with Gasteiger partial charge in [0.05, 0.1) is 6.54 Å². The van der Waals surface area contributed by atoms with Gasteiger partial charge in [0.2, 0.25) is 0 Å². The van der Waals surface area contributed by atoms with Crippen LogP contribution >= 0.6 is 0 Å². The Bertz CT molecular complexity index is 1040. The first-order valence-corrected chi connectivity index (χ1v) is 9.95. The van der Waals surface area contributed by atoms with Crippen LogP contribution in [0.2, 0.25) is 0 Å². The van der Waals surface area contributed by atoms with E-state index in [1.54, 1.807) is 0 Å². The van der Waals surface area contributed by atoms with Gasteiger partial charge in [-0.05, 0) is 29.7 Å². The van der Waals surface area contributed by atoms with Crippen LogP contribution < -0.4 is 0 Å². The summed E-state index contributed by atoms with van der Waals surface area (Å²) in [5.41, 5.74) is 3.61. The zero-order valence-electron chi connectivity index (χ0n) is 15.9. The molecule has 28 heavy (non-hydrogen) atoms. The number of fused-ring (bicyclic) bond motifs is 2. The number of pyridine rings is 1. The van der Waals surface area contributed by atoms with E-state index in [2.05, 4.69) is 62.1 Å². The van der Waals surface area contributed by atoms with E-state index < -0.39 is 0 Å². The summed E-state index contributed by atoms with van der Waals surface area (Å²) in [7, 11) is 0. The van der Waals surface area contributed by atoms with E-state index in [-0.39, 0.29) is 0 Å². The number of hydrogen-bond acceptors (Lipinski definition) is 4. The van der Waals surface area contributed by atoms with Crippen LogP contribution in [0.3, 0.4) is 0 Å². The standard InChI is InChI=1S/C22H24N6/c1-2-5-17(6-3-1)8-9-20-25-21-10-12-27(13-14-28(21)26-20)16-18-15-24-22-19(18)7-4-11-23-22/h1-7,11,15H,8-10,12-14,16H2,(H,23,24). The minimum absolute atomic E-state index is 0.897. The Balaban J connectivity index is 1.22. The normalized spacial score (nSPS) is 14.9. The average molecular weight is 372 g/mol. The fourth-order valence-corrected chi connectivity index (χ4v) is 3.95. The molecule has 4 aromatic rings. The van der Waals surface area contributed by atoms with E-state index in [1.165, 1.54) is 16.5 Å². The van der Waals surface area contributed by atoms with Gasteiger partial charge in [0, 0.05) is 50.3 Å². The molecular weight excluding hydrogens is 348 g/mol.